The summed E-state index contributed by atoms with van der Waals surface area (Å²) in [5, 5.41) is 4.04. The van der Waals surface area contributed by atoms with Crippen LogP contribution in [0.3, 0.4) is 0 Å². The molecule has 0 atom stereocenters. The molecule has 2 rings (SSSR count). The molecule has 0 radical (unpaired) electrons. The molecule has 0 bridgehead atoms. The SMILES string of the molecule is CCOC(=O)c1nn(-c2ccc(C)c(Br)c2)ccc1=O. The largest absolute Gasteiger partial charge is 0.461 e. The van der Waals surface area contributed by atoms with Crippen molar-refractivity contribution >= 4 is 21.9 Å². The van der Waals surface area contributed by atoms with Crippen molar-refractivity contribution in [2.24, 2.45) is 0 Å². The second kappa shape index (κ2) is 6.00. The molecule has 5 nitrogen and oxygen atoms in total. The Morgan fingerprint density at radius 3 is 2.80 bits per heavy atom. The molecule has 0 N–H and O–H groups in total. The smallest absolute Gasteiger partial charge is 0.362 e. The highest BCUT2D eigenvalue weighted by Gasteiger charge is 2.14. The van der Waals surface area contributed by atoms with E-state index >= 15 is 0 Å². The molecule has 0 aliphatic carbocycles. The van der Waals surface area contributed by atoms with Gasteiger partial charge in [-0.15, -0.1) is 0 Å². The fourth-order valence-corrected chi connectivity index (χ4v) is 1.98. The first kappa shape index (κ1) is 14.5. The van der Waals surface area contributed by atoms with E-state index in [9.17, 15) is 9.59 Å². The maximum atomic E-state index is 11.7. The third kappa shape index (κ3) is 2.96. The normalized spacial score (nSPS) is 10.3. The van der Waals surface area contributed by atoms with Gasteiger partial charge in [-0.25, -0.2) is 9.48 Å². The quantitative estimate of drug-likeness (QED) is 0.808. The number of benzene rings is 1. The lowest BCUT2D eigenvalue weighted by molar-refractivity contribution is 0.0515. The number of hydrogen-bond acceptors (Lipinski definition) is 4. The minimum Gasteiger partial charge on any atom is -0.461 e. The average Bonchev–Trinajstić information content (AvgIpc) is 2.42. The fraction of sp³-hybridized carbons (Fsp3) is 0.214. The zero-order valence-electron chi connectivity index (χ0n) is 11.1. The number of aryl methyl sites for hydroxylation is 1. The number of esters is 1. The molecular weight excluding hydrogens is 324 g/mol. The number of aromatic nitrogens is 2. The van der Waals surface area contributed by atoms with Crippen LogP contribution in [0.1, 0.15) is 23.0 Å². The molecule has 1 aromatic heterocycles. The first-order chi connectivity index (χ1) is 9.52. The van der Waals surface area contributed by atoms with Crippen LogP contribution in [-0.2, 0) is 4.74 Å². The minimum absolute atomic E-state index is 0.199. The van der Waals surface area contributed by atoms with E-state index in [1.807, 2.05) is 25.1 Å². The number of rotatable bonds is 3. The highest BCUT2D eigenvalue weighted by Crippen LogP contribution is 2.19. The molecule has 0 fully saturated rings. The minimum atomic E-state index is -0.710. The number of nitrogens with zero attached hydrogens (tertiary/aromatic N) is 2. The maximum absolute atomic E-state index is 11.7. The van der Waals surface area contributed by atoms with Gasteiger partial charge in [0.1, 0.15) is 0 Å². The third-order valence-electron chi connectivity index (χ3n) is 2.70. The van der Waals surface area contributed by atoms with Gasteiger partial charge in [-0.3, -0.25) is 4.79 Å². The van der Waals surface area contributed by atoms with Crippen LogP contribution in [-0.4, -0.2) is 22.4 Å². The molecule has 0 spiro atoms. The van der Waals surface area contributed by atoms with Crippen LogP contribution < -0.4 is 5.43 Å². The number of hydrogen-bond donors (Lipinski definition) is 0. The van der Waals surface area contributed by atoms with Crippen molar-refractivity contribution in [3.8, 4) is 5.69 Å². The lowest BCUT2D eigenvalue weighted by Gasteiger charge is -2.08. The summed E-state index contributed by atoms with van der Waals surface area (Å²) in [4.78, 5) is 23.3. The molecule has 0 aliphatic heterocycles. The Kier molecular flexibility index (Phi) is 4.34. The summed E-state index contributed by atoms with van der Waals surface area (Å²) in [6, 6.07) is 6.94. The Hall–Kier alpha value is -1.95. The Balaban J connectivity index is 2.48. The summed E-state index contributed by atoms with van der Waals surface area (Å²) >= 11 is 3.44. The summed E-state index contributed by atoms with van der Waals surface area (Å²) in [6.45, 7) is 3.85. The van der Waals surface area contributed by atoms with E-state index in [2.05, 4.69) is 21.0 Å². The van der Waals surface area contributed by atoms with Crippen molar-refractivity contribution in [1.82, 2.24) is 9.78 Å². The zero-order valence-corrected chi connectivity index (χ0v) is 12.7. The van der Waals surface area contributed by atoms with E-state index in [1.165, 1.54) is 16.9 Å². The van der Waals surface area contributed by atoms with Gasteiger partial charge in [-0.1, -0.05) is 22.0 Å². The van der Waals surface area contributed by atoms with Gasteiger partial charge in [0, 0.05) is 16.7 Å². The van der Waals surface area contributed by atoms with Gasteiger partial charge in [0.25, 0.3) is 0 Å². The molecule has 1 heterocycles. The van der Waals surface area contributed by atoms with Gasteiger partial charge in [0.05, 0.1) is 12.3 Å². The van der Waals surface area contributed by atoms with Crippen LogP contribution in [0, 0.1) is 6.92 Å². The van der Waals surface area contributed by atoms with Crippen molar-refractivity contribution in [2.75, 3.05) is 6.61 Å². The van der Waals surface area contributed by atoms with Crippen LogP contribution in [0.2, 0.25) is 0 Å². The van der Waals surface area contributed by atoms with Crippen molar-refractivity contribution in [2.45, 2.75) is 13.8 Å². The predicted octanol–water partition coefficient (Wildman–Crippen LogP) is 2.48. The van der Waals surface area contributed by atoms with Crippen LogP contribution in [0.15, 0.2) is 39.7 Å². The lowest BCUT2D eigenvalue weighted by atomic mass is 10.2. The van der Waals surface area contributed by atoms with Crippen molar-refractivity contribution < 1.29 is 9.53 Å². The summed E-state index contributed by atoms with van der Waals surface area (Å²) < 4.78 is 7.21. The molecule has 104 valence electrons. The first-order valence-corrected chi connectivity index (χ1v) is 6.86. The van der Waals surface area contributed by atoms with Crippen molar-refractivity contribution in [3.63, 3.8) is 0 Å². The van der Waals surface area contributed by atoms with Gasteiger partial charge >= 0.3 is 5.97 Å². The Bertz CT molecular complexity index is 710. The van der Waals surface area contributed by atoms with Crippen molar-refractivity contribution in [3.05, 3.63) is 56.4 Å². The number of carbonyl (C=O) groups is 1. The average molecular weight is 337 g/mol. The summed E-state index contributed by atoms with van der Waals surface area (Å²) in [5.41, 5.74) is 1.16. The van der Waals surface area contributed by atoms with E-state index in [1.54, 1.807) is 6.92 Å². The van der Waals surface area contributed by atoms with E-state index < -0.39 is 11.4 Å². The number of halogens is 1. The Morgan fingerprint density at radius 1 is 1.40 bits per heavy atom. The second-order valence-corrected chi connectivity index (χ2v) is 4.98. The topological polar surface area (TPSA) is 61.2 Å². The van der Waals surface area contributed by atoms with E-state index in [0.717, 1.165) is 15.7 Å². The van der Waals surface area contributed by atoms with Crippen LogP contribution in [0.5, 0.6) is 0 Å². The fourth-order valence-electron chi connectivity index (χ4n) is 1.62. The van der Waals surface area contributed by atoms with Gasteiger partial charge in [0.15, 0.2) is 0 Å². The van der Waals surface area contributed by atoms with E-state index in [0.29, 0.717) is 0 Å². The van der Waals surface area contributed by atoms with E-state index in [-0.39, 0.29) is 12.3 Å². The van der Waals surface area contributed by atoms with Crippen molar-refractivity contribution in [1.29, 1.82) is 0 Å². The zero-order chi connectivity index (χ0) is 14.7. The number of carbonyl (C=O) groups excluding carboxylic acids is 1. The van der Waals surface area contributed by atoms with Crippen LogP contribution in [0.25, 0.3) is 5.69 Å². The molecule has 0 saturated carbocycles. The predicted molar refractivity (Wildman–Crippen MR) is 78.2 cm³/mol. The highest BCUT2D eigenvalue weighted by molar-refractivity contribution is 9.10. The van der Waals surface area contributed by atoms with Gasteiger partial charge in [-0.2, -0.15) is 5.10 Å². The highest BCUT2D eigenvalue weighted by atomic mass is 79.9. The second-order valence-electron chi connectivity index (χ2n) is 4.13. The standard InChI is InChI=1S/C14H13BrN2O3/c1-3-20-14(19)13-12(18)6-7-17(16-13)10-5-4-9(2)11(15)8-10/h4-8H,3H2,1-2H3. The Labute approximate surface area is 124 Å². The molecule has 20 heavy (non-hydrogen) atoms. The molecule has 0 saturated heterocycles. The van der Waals surface area contributed by atoms with Gasteiger partial charge in [0.2, 0.25) is 11.1 Å². The van der Waals surface area contributed by atoms with Gasteiger partial charge < -0.3 is 4.74 Å². The third-order valence-corrected chi connectivity index (χ3v) is 3.55. The van der Waals surface area contributed by atoms with E-state index in [4.69, 9.17) is 4.74 Å². The first-order valence-electron chi connectivity index (χ1n) is 6.06. The molecular formula is C14H13BrN2O3. The monoisotopic (exact) mass is 336 g/mol. The molecule has 0 aliphatic rings. The van der Waals surface area contributed by atoms with Crippen LogP contribution in [0.4, 0.5) is 0 Å². The number of ether oxygens (including phenoxy) is 1. The Morgan fingerprint density at radius 2 is 2.15 bits per heavy atom. The summed E-state index contributed by atoms with van der Waals surface area (Å²) in [7, 11) is 0. The molecule has 0 unspecified atom stereocenters. The molecule has 6 heteroatoms. The molecule has 0 amide bonds. The molecule has 1 aromatic carbocycles. The lowest BCUT2D eigenvalue weighted by Crippen LogP contribution is -2.22. The van der Waals surface area contributed by atoms with Crippen LogP contribution >= 0.6 is 15.9 Å². The summed E-state index contributed by atoms with van der Waals surface area (Å²) in [6.07, 6.45) is 1.52. The molecule has 2 aromatic rings. The summed E-state index contributed by atoms with van der Waals surface area (Å²) in [5.74, 6) is -0.710. The maximum Gasteiger partial charge on any atom is 0.362 e. The van der Waals surface area contributed by atoms with Gasteiger partial charge in [-0.05, 0) is 31.5 Å².